The van der Waals surface area contributed by atoms with Gasteiger partial charge in [0.25, 0.3) is 0 Å². The fourth-order valence-electron chi connectivity index (χ4n) is 3.43. The average molecular weight is 387 g/mol. The smallest absolute Gasteiger partial charge is 0.203 e. The van der Waals surface area contributed by atoms with Crippen molar-refractivity contribution < 1.29 is 14.0 Å². The standard InChI is InChI=1S/C19H19ClN4O3/c1-10-17(11(2)27-23-10)13-7-14-12(8-16(13)26-4)18-15(9-21-14)22-19(20)24(18)5-6-25-3/h7-9H,5-6H2,1-4H3. The van der Waals surface area contributed by atoms with Crippen LogP contribution in [0.2, 0.25) is 5.28 Å². The van der Waals surface area contributed by atoms with Gasteiger partial charge < -0.3 is 18.6 Å². The molecule has 3 heterocycles. The lowest BCUT2D eigenvalue weighted by Crippen LogP contribution is -2.04. The fourth-order valence-corrected chi connectivity index (χ4v) is 3.69. The van der Waals surface area contributed by atoms with Crippen LogP contribution < -0.4 is 4.74 Å². The van der Waals surface area contributed by atoms with Crippen molar-refractivity contribution in [3.63, 3.8) is 0 Å². The van der Waals surface area contributed by atoms with Gasteiger partial charge in [0.2, 0.25) is 5.28 Å². The molecule has 7 nitrogen and oxygen atoms in total. The summed E-state index contributed by atoms with van der Waals surface area (Å²) in [5.41, 5.74) is 5.07. The first-order valence-corrected chi connectivity index (χ1v) is 8.87. The molecule has 4 rings (SSSR count). The molecule has 0 bridgehead atoms. The highest BCUT2D eigenvalue weighted by Crippen LogP contribution is 2.39. The van der Waals surface area contributed by atoms with Gasteiger partial charge in [-0.15, -0.1) is 0 Å². The Morgan fingerprint density at radius 2 is 2.00 bits per heavy atom. The van der Waals surface area contributed by atoms with Crippen LogP contribution in [0.3, 0.4) is 0 Å². The molecule has 4 aromatic rings. The van der Waals surface area contributed by atoms with E-state index >= 15 is 0 Å². The number of rotatable bonds is 5. The number of imidazole rings is 1. The fraction of sp³-hybridized carbons (Fsp3) is 0.316. The number of halogens is 1. The van der Waals surface area contributed by atoms with E-state index < -0.39 is 0 Å². The largest absolute Gasteiger partial charge is 0.496 e. The van der Waals surface area contributed by atoms with Crippen LogP contribution in [0.5, 0.6) is 5.75 Å². The number of hydrogen-bond acceptors (Lipinski definition) is 6. The van der Waals surface area contributed by atoms with Gasteiger partial charge in [0.15, 0.2) is 0 Å². The van der Waals surface area contributed by atoms with Crippen molar-refractivity contribution in [2.45, 2.75) is 20.4 Å². The predicted molar refractivity (Wildman–Crippen MR) is 103 cm³/mol. The van der Waals surface area contributed by atoms with E-state index in [1.165, 1.54) is 0 Å². The van der Waals surface area contributed by atoms with Crippen molar-refractivity contribution in [1.82, 2.24) is 19.7 Å². The molecule has 0 saturated carbocycles. The highest BCUT2D eigenvalue weighted by Gasteiger charge is 2.20. The number of nitrogens with zero attached hydrogens (tertiary/aromatic N) is 4. The van der Waals surface area contributed by atoms with Gasteiger partial charge in [0, 0.05) is 24.6 Å². The number of benzene rings is 1. The molecule has 3 aromatic heterocycles. The zero-order valence-electron chi connectivity index (χ0n) is 15.5. The van der Waals surface area contributed by atoms with E-state index in [0.29, 0.717) is 24.2 Å². The van der Waals surface area contributed by atoms with Crippen LogP contribution in [0.15, 0.2) is 22.9 Å². The van der Waals surface area contributed by atoms with E-state index in [2.05, 4.69) is 15.1 Å². The summed E-state index contributed by atoms with van der Waals surface area (Å²) in [7, 11) is 3.30. The molecule has 140 valence electrons. The second-order valence-electron chi connectivity index (χ2n) is 6.29. The summed E-state index contributed by atoms with van der Waals surface area (Å²) in [6.07, 6.45) is 1.73. The Labute approximate surface area is 160 Å². The lowest BCUT2D eigenvalue weighted by Gasteiger charge is -2.12. The molecule has 27 heavy (non-hydrogen) atoms. The first-order valence-electron chi connectivity index (χ1n) is 8.49. The van der Waals surface area contributed by atoms with Crippen LogP contribution in [-0.2, 0) is 11.3 Å². The average Bonchev–Trinajstić information content (AvgIpc) is 3.17. The maximum Gasteiger partial charge on any atom is 0.203 e. The number of pyridine rings is 1. The number of methoxy groups -OCH3 is 2. The van der Waals surface area contributed by atoms with Crippen molar-refractivity contribution >= 4 is 33.5 Å². The summed E-state index contributed by atoms with van der Waals surface area (Å²) in [6.45, 7) is 4.92. The molecule has 0 unspecified atom stereocenters. The summed E-state index contributed by atoms with van der Waals surface area (Å²) in [5, 5.41) is 5.37. The maximum absolute atomic E-state index is 6.35. The third-order valence-corrected chi connectivity index (χ3v) is 4.96. The van der Waals surface area contributed by atoms with Gasteiger partial charge in [-0.05, 0) is 37.6 Å². The van der Waals surface area contributed by atoms with Gasteiger partial charge in [0.05, 0.1) is 42.2 Å². The van der Waals surface area contributed by atoms with E-state index in [-0.39, 0.29) is 0 Å². The minimum Gasteiger partial charge on any atom is -0.496 e. The van der Waals surface area contributed by atoms with E-state index in [9.17, 15) is 0 Å². The molecule has 0 N–H and O–H groups in total. The Morgan fingerprint density at radius 1 is 1.19 bits per heavy atom. The summed E-state index contributed by atoms with van der Waals surface area (Å²) in [6, 6.07) is 3.95. The first-order chi connectivity index (χ1) is 13.0. The Hall–Kier alpha value is -2.64. The highest BCUT2D eigenvalue weighted by atomic mass is 35.5. The van der Waals surface area contributed by atoms with Crippen molar-refractivity contribution in [3.8, 4) is 16.9 Å². The van der Waals surface area contributed by atoms with E-state index in [0.717, 1.165) is 44.5 Å². The monoisotopic (exact) mass is 386 g/mol. The minimum absolute atomic E-state index is 0.408. The number of fused-ring (bicyclic) bond motifs is 3. The van der Waals surface area contributed by atoms with Crippen molar-refractivity contribution in [3.05, 3.63) is 35.1 Å². The normalized spacial score (nSPS) is 11.6. The summed E-state index contributed by atoms with van der Waals surface area (Å²) in [5.74, 6) is 1.45. The molecular weight excluding hydrogens is 368 g/mol. The highest BCUT2D eigenvalue weighted by molar-refractivity contribution is 6.29. The van der Waals surface area contributed by atoms with Gasteiger partial charge in [-0.25, -0.2) is 4.98 Å². The summed E-state index contributed by atoms with van der Waals surface area (Å²) >= 11 is 6.35. The van der Waals surface area contributed by atoms with Gasteiger partial charge in [-0.2, -0.15) is 0 Å². The van der Waals surface area contributed by atoms with Gasteiger partial charge in [0.1, 0.15) is 17.0 Å². The molecule has 0 saturated heterocycles. The number of aromatic nitrogens is 4. The first kappa shape index (κ1) is 17.8. The Balaban J connectivity index is 2.02. The van der Waals surface area contributed by atoms with Gasteiger partial charge in [-0.1, -0.05) is 5.16 Å². The van der Waals surface area contributed by atoms with Crippen LogP contribution in [-0.4, -0.2) is 40.5 Å². The molecule has 0 amide bonds. The number of aryl methyl sites for hydroxylation is 2. The molecule has 0 atom stereocenters. The quantitative estimate of drug-likeness (QED) is 0.512. The van der Waals surface area contributed by atoms with Crippen LogP contribution in [0.25, 0.3) is 33.1 Å². The number of hydrogen-bond donors (Lipinski definition) is 0. The predicted octanol–water partition coefficient (Wildman–Crippen LogP) is 4.16. The molecular formula is C19H19ClN4O3. The Bertz CT molecular complexity index is 1130. The molecule has 0 fully saturated rings. The Kier molecular flexibility index (Phi) is 4.49. The van der Waals surface area contributed by atoms with Crippen molar-refractivity contribution in [2.24, 2.45) is 0 Å². The van der Waals surface area contributed by atoms with Crippen LogP contribution >= 0.6 is 11.6 Å². The summed E-state index contributed by atoms with van der Waals surface area (Å²) < 4.78 is 18.1. The zero-order valence-corrected chi connectivity index (χ0v) is 16.3. The lowest BCUT2D eigenvalue weighted by molar-refractivity contribution is 0.188. The second-order valence-corrected chi connectivity index (χ2v) is 6.62. The third-order valence-electron chi connectivity index (χ3n) is 4.67. The Morgan fingerprint density at radius 3 is 2.67 bits per heavy atom. The second kappa shape index (κ2) is 6.83. The molecule has 0 radical (unpaired) electrons. The molecule has 8 heteroatoms. The number of ether oxygens (including phenoxy) is 2. The maximum atomic E-state index is 6.35. The topological polar surface area (TPSA) is 75.2 Å². The van der Waals surface area contributed by atoms with E-state index in [1.807, 2.05) is 30.5 Å². The summed E-state index contributed by atoms with van der Waals surface area (Å²) in [4.78, 5) is 8.99. The molecule has 0 aliphatic heterocycles. The molecule has 1 aromatic carbocycles. The van der Waals surface area contributed by atoms with Crippen LogP contribution in [0.4, 0.5) is 0 Å². The van der Waals surface area contributed by atoms with E-state index in [4.69, 9.17) is 25.6 Å². The molecule has 0 aliphatic carbocycles. The molecule has 0 spiro atoms. The van der Waals surface area contributed by atoms with E-state index in [1.54, 1.807) is 20.4 Å². The van der Waals surface area contributed by atoms with Crippen molar-refractivity contribution in [2.75, 3.05) is 20.8 Å². The zero-order chi connectivity index (χ0) is 19.1. The van der Waals surface area contributed by atoms with Gasteiger partial charge >= 0.3 is 0 Å². The SMILES string of the molecule is COCCn1c(Cl)nc2cnc3cc(-c4c(C)noc4C)c(OC)cc3c21. The van der Waals surface area contributed by atoms with Crippen molar-refractivity contribution in [1.29, 1.82) is 0 Å². The minimum atomic E-state index is 0.408. The van der Waals surface area contributed by atoms with Crippen LogP contribution in [0.1, 0.15) is 11.5 Å². The lowest BCUT2D eigenvalue weighted by atomic mass is 10.0. The van der Waals surface area contributed by atoms with Gasteiger partial charge in [-0.3, -0.25) is 4.98 Å². The third kappa shape index (κ3) is 2.83. The van der Waals surface area contributed by atoms with Crippen LogP contribution in [0, 0.1) is 13.8 Å². The molecule has 0 aliphatic rings.